The second-order valence-corrected chi connectivity index (χ2v) is 6.34. The van der Waals surface area contributed by atoms with Gasteiger partial charge in [0, 0.05) is 11.7 Å². The molecule has 1 aromatic rings. The van der Waals surface area contributed by atoms with Gasteiger partial charge < -0.3 is 9.84 Å². The van der Waals surface area contributed by atoms with Gasteiger partial charge in [-0.25, -0.2) is 0 Å². The predicted octanol–water partition coefficient (Wildman–Crippen LogP) is 3.19. The van der Waals surface area contributed by atoms with Crippen LogP contribution in [0.3, 0.4) is 0 Å². The molecule has 0 spiro atoms. The Morgan fingerprint density at radius 3 is 2.94 bits per heavy atom. The Kier molecular flexibility index (Phi) is 4.95. The third-order valence-electron chi connectivity index (χ3n) is 3.51. The smallest absolute Gasteiger partial charge is 0.122 e. The number of thioether (sulfide) groups is 1. The lowest BCUT2D eigenvalue weighted by Crippen LogP contribution is -2.28. The fraction of sp³-hybridized carbons (Fsp3) is 0.600. The van der Waals surface area contributed by atoms with Crippen LogP contribution in [0.4, 0.5) is 0 Å². The summed E-state index contributed by atoms with van der Waals surface area (Å²) in [6, 6.07) is 6.16. The monoisotopic (exact) mass is 266 g/mol. The number of hydrogen-bond donors (Lipinski definition) is 1. The van der Waals surface area contributed by atoms with Crippen molar-refractivity contribution in [2.45, 2.75) is 44.0 Å². The molecule has 0 bridgehead atoms. The highest BCUT2D eigenvalue weighted by atomic mass is 32.2. The molecule has 0 aromatic heterocycles. The highest BCUT2D eigenvalue weighted by Gasteiger charge is 2.23. The van der Waals surface area contributed by atoms with E-state index in [1.54, 1.807) is 7.11 Å². The van der Waals surface area contributed by atoms with Gasteiger partial charge in [0.15, 0.2) is 0 Å². The standard InChI is InChI=1S/C15H22O2S/c1-11-6-7-14(17-2)12(9-11)10-13(16)15-5-3-4-8-18-15/h6-7,9,13,15-16H,3-5,8,10H2,1-2H3. The predicted molar refractivity (Wildman–Crippen MR) is 77.5 cm³/mol. The van der Waals surface area contributed by atoms with Gasteiger partial charge >= 0.3 is 0 Å². The van der Waals surface area contributed by atoms with Crippen LogP contribution in [0.1, 0.15) is 30.4 Å². The van der Waals surface area contributed by atoms with Gasteiger partial charge in [0.05, 0.1) is 13.2 Å². The first-order valence-electron chi connectivity index (χ1n) is 6.64. The molecule has 2 atom stereocenters. The number of ether oxygens (including phenoxy) is 1. The Bertz CT molecular complexity index is 386. The number of benzene rings is 1. The maximum Gasteiger partial charge on any atom is 0.122 e. The highest BCUT2D eigenvalue weighted by molar-refractivity contribution is 8.00. The van der Waals surface area contributed by atoms with E-state index in [0.717, 1.165) is 17.7 Å². The molecule has 2 unspecified atom stereocenters. The van der Waals surface area contributed by atoms with E-state index in [2.05, 4.69) is 13.0 Å². The summed E-state index contributed by atoms with van der Waals surface area (Å²) in [5, 5.41) is 10.8. The summed E-state index contributed by atoms with van der Waals surface area (Å²) in [4.78, 5) is 0. The maximum atomic E-state index is 10.4. The highest BCUT2D eigenvalue weighted by Crippen LogP contribution is 2.30. The van der Waals surface area contributed by atoms with E-state index in [1.807, 2.05) is 23.9 Å². The van der Waals surface area contributed by atoms with Crippen LogP contribution >= 0.6 is 11.8 Å². The van der Waals surface area contributed by atoms with Gasteiger partial charge in [-0.15, -0.1) is 0 Å². The van der Waals surface area contributed by atoms with E-state index in [4.69, 9.17) is 4.74 Å². The van der Waals surface area contributed by atoms with Gasteiger partial charge in [-0.1, -0.05) is 24.1 Å². The van der Waals surface area contributed by atoms with Gasteiger partial charge in [0.1, 0.15) is 5.75 Å². The topological polar surface area (TPSA) is 29.5 Å². The zero-order chi connectivity index (χ0) is 13.0. The van der Waals surface area contributed by atoms with Crippen LogP contribution in [0.2, 0.25) is 0 Å². The van der Waals surface area contributed by atoms with Crippen molar-refractivity contribution in [3.63, 3.8) is 0 Å². The van der Waals surface area contributed by atoms with Gasteiger partial charge in [-0.3, -0.25) is 0 Å². The summed E-state index contributed by atoms with van der Waals surface area (Å²) in [5.41, 5.74) is 2.34. The van der Waals surface area contributed by atoms with Gasteiger partial charge in [-0.2, -0.15) is 11.8 Å². The lowest BCUT2D eigenvalue weighted by Gasteiger charge is -2.26. The molecule has 2 rings (SSSR count). The molecule has 1 aliphatic heterocycles. The second kappa shape index (κ2) is 6.48. The van der Waals surface area contributed by atoms with Crippen LogP contribution in [0.15, 0.2) is 18.2 Å². The Labute approximate surface area is 114 Å². The Morgan fingerprint density at radius 2 is 2.28 bits per heavy atom. The molecule has 0 aliphatic carbocycles. The number of aliphatic hydroxyl groups is 1. The van der Waals surface area contributed by atoms with Crippen molar-refractivity contribution < 1.29 is 9.84 Å². The number of aliphatic hydroxyl groups excluding tert-OH is 1. The molecule has 1 heterocycles. The molecule has 100 valence electrons. The lowest BCUT2D eigenvalue weighted by atomic mass is 10.00. The van der Waals surface area contributed by atoms with Crippen LogP contribution in [0.25, 0.3) is 0 Å². The second-order valence-electron chi connectivity index (χ2n) is 4.99. The fourth-order valence-electron chi connectivity index (χ4n) is 2.49. The first kappa shape index (κ1) is 13.8. The molecule has 3 heteroatoms. The third kappa shape index (κ3) is 3.42. The molecule has 2 nitrogen and oxygen atoms in total. The van der Waals surface area contributed by atoms with Crippen LogP contribution in [0.5, 0.6) is 5.75 Å². The van der Waals surface area contributed by atoms with E-state index in [9.17, 15) is 5.11 Å². The minimum absolute atomic E-state index is 0.258. The molecule has 1 saturated heterocycles. The molecule has 18 heavy (non-hydrogen) atoms. The van der Waals surface area contributed by atoms with Crippen molar-refractivity contribution >= 4 is 11.8 Å². The number of methoxy groups -OCH3 is 1. The van der Waals surface area contributed by atoms with Crippen molar-refractivity contribution in [2.75, 3.05) is 12.9 Å². The summed E-state index contributed by atoms with van der Waals surface area (Å²) in [7, 11) is 1.69. The first-order valence-corrected chi connectivity index (χ1v) is 7.69. The normalized spacial score (nSPS) is 21.6. The van der Waals surface area contributed by atoms with E-state index < -0.39 is 0 Å². The minimum atomic E-state index is -0.258. The number of rotatable bonds is 4. The van der Waals surface area contributed by atoms with Crippen molar-refractivity contribution in [1.29, 1.82) is 0 Å². The average Bonchev–Trinajstić information content (AvgIpc) is 2.40. The molecular formula is C15H22O2S. The van der Waals surface area contributed by atoms with Crippen molar-refractivity contribution in [2.24, 2.45) is 0 Å². The molecule has 1 N–H and O–H groups in total. The summed E-state index contributed by atoms with van der Waals surface area (Å²) in [5.74, 6) is 2.08. The van der Waals surface area contributed by atoms with Crippen LogP contribution < -0.4 is 4.74 Å². The Balaban J connectivity index is 2.05. The zero-order valence-electron chi connectivity index (χ0n) is 11.2. The minimum Gasteiger partial charge on any atom is -0.496 e. The van der Waals surface area contributed by atoms with Crippen LogP contribution in [-0.4, -0.2) is 29.3 Å². The number of aryl methyl sites for hydroxylation is 1. The Morgan fingerprint density at radius 1 is 1.44 bits per heavy atom. The van der Waals surface area contributed by atoms with Crippen molar-refractivity contribution in [1.82, 2.24) is 0 Å². The van der Waals surface area contributed by atoms with Gasteiger partial charge in [0.2, 0.25) is 0 Å². The van der Waals surface area contributed by atoms with E-state index in [-0.39, 0.29) is 6.10 Å². The summed E-state index contributed by atoms with van der Waals surface area (Å²) in [6.45, 7) is 2.07. The molecule has 0 saturated carbocycles. The average molecular weight is 266 g/mol. The molecular weight excluding hydrogens is 244 g/mol. The molecule has 0 radical (unpaired) electrons. The summed E-state index contributed by atoms with van der Waals surface area (Å²) < 4.78 is 5.37. The van der Waals surface area contributed by atoms with Crippen molar-refractivity contribution in [3.8, 4) is 5.75 Å². The summed E-state index contributed by atoms with van der Waals surface area (Å²) >= 11 is 1.92. The SMILES string of the molecule is COc1ccc(C)cc1CC(O)C1CCCCS1. The summed E-state index contributed by atoms with van der Waals surface area (Å²) in [6.07, 6.45) is 4.12. The Hall–Kier alpha value is -0.670. The van der Waals surface area contributed by atoms with E-state index >= 15 is 0 Å². The molecule has 0 amide bonds. The molecule has 1 aromatic carbocycles. The van der Waals surface area contributed by atoms with E-state index in [0.29, 0.717) is 11.7 Å². The molecule has 1 fully saturated rings. The third-order valence-corrected chi connectivity index (χ3v) is 5.01. The van der Waals surface area contributed by atoms with Crippen molar-refractivity contribution in [3.05, 3.63) is 29.3 Å². The maximum absolute atomic E-state index is 10.4. The molecule has 1 aliphatic rings. The zero-order valence-corrected chi connectivity index (χ0v) is 12.0. The number of hydrogen-bond acceptors (Lipinski definition) is 3. The van der Waals surface area contributed by atoms with Crippen LogP contribution in [-0.2, 0) is 6.42 Å². The largest absolute Gasteiger partial charge is 0.496 e. The fourth-order valence-corrected chi connectivity index (χ4v) is 3.82. The van der Waals surface area contributed by atoms with Gasteiger partial charge in [-0.05, 0) is 37.1 Å². The lowest BCUT2D eigenvalue weighted by molar-refractivity contribution is 0.165. The van der Waals surface area contributed by atoms with Crippen LogP contribution in [0, 0.1) is 6.92 Å². The van der Waals surface area contributed by atoms with Gasteiger partial charge in [0.25, 0.3) is 0 Å². The van der Waals surface area contributed by atoms with E-state index in [1.165, 1.54) is 24.2 Å². The quantitative estimate of drug-likeness (QED) is 0.907. The first-order chi connectivity index (χ1) is 8.70.